The van der Waals surface area contributed by atoms with E-state index in [1.54, 1.807) is 20.8 Å². The summed E-state index contributed by atoms with van der Waals surface area (Å²) in [6.45, 7) is 10.1. The van der Waals surface area contributed by atoms with Crippen LogP contribution in [0.25, 0.3) is 0 Å². The first-order valence-corrected chi connectivity index (χ1v) is 9.44. The zero-order valence-corrected chi connectivity index (χ0v) is 16.9. The number of benzene rings is 1. The quantitative estimate of drug-likeness (QED) is 0.498. The minimum atomic E-state index is -6.84. The maximum Gasteiger partial charge on any atom is 0.472 e. The maximum absolute atomic E-state index is 14.0. The third-order valence-corrected chi connectivity index (χ3v) is 4.85. The predicted molar refractivity (Wildman–Crippen MR) is 90.9 cm³/mol. The molecule has 0 saturated heterocycles. The summed E-state index contributed by atoms with van der Waals surface area (Å²) in [5.41, 5.74) is -0.690. The van der Waals surface area contributed by atoms with Crippen molar-refractivity contribution in [1.82, 2.24) is 0 Å². The van der Waals surface area contributed by atoms with E-state index >= 15 is 0 Å². The van der Waals surface area contributed by atoms with Crippen molar-refractivity contribution in [3.05, 3.63) is 29.3 Å². The normalized spacial score (nSPS) is 14.9. The second kappa shape index (κ2) is 6.79. The number of ether oxygens (including phenoxy) is 1. The highest BCUT2D eigenvalue weighted by atomic mass is 32.2. The van der Waals surface area contributed by atoms with E-state index in [0.717, 1.165) is 6.07 Å². The first-order valence-electron chi connectivity index (χ1n) is 8.00. The molecule has 11 heteroatoms. The standard InChI is InChI=1S/C17H22F6O4S/c1-13(2,3)10-7-8-12(11(9-10)14(4,5)6)27-16(20,21)15(18,19)17(22,23)28(24,25)26/h7-9H,1-6H3,(H,24,25,26). The summed E-state index contributed by atoms with van der Waals surface area (Å²) < 4.78 is 115. The zero-order valence-electron chi connectivity index (χ0n) is 16.1. The number of rotatable bonds is 5. The molecule has 28 heavy (non-hydrogen) atoms. The first-order chi connectivity index (χ1) is 12.1. The lowest BCUT2D eigenvalue weighted by Crippen LogP contribution is -2.60. The number of alkyl halides is 6. The fourth-order valence-corrected chi connectivity index (χ4v) is 2.65. The van der Waals surface area contributed by atoms with E-state index in [-0.39, 0.29) is 5.56 Å². The highest BCUT2D eigenvalue weighted by Gasteiger charge is 2.79. The molecule has 0 fully saturated rings. The molecule has 0 bridgehead atoms. The van der Waals surface area contributed by atoms with E-state index in [1.165, 1.54) is 12.1 Å². The minimum absolute atomic E-state index is 0.0190. The molecule has 0 heterocycles. The fourth-order valence-electron chi connectivity index (χ4n) is 2.21. The van der Waals surface area contributed by atoms with Gasteiger partial charge in [-0.3, -0.25) is 4.55 Å². The van der Waals surface area contributed by atoms with Gasteiger partial charge >= 0.3 is 27.4 Å². The van der Waals surface area contributed by atoms with Gasteiger partial charge in [0.1, 0.15) is 5.75 Å². The van der Waals surface area contributed by atoms with Gasteiger partial charge in [-0.2, -0.15) is 34.8 Å². The third-order valence-electron chi connectivity index (χ3n) is 3.95. The van der Waals surface area contributed by atoms with E-state index in [9.17, 15) is 34.8 Å². The van der Waals surface area contributed by atoms with Gasteiger partial charge in [0.25, 0.3) is 0 Å². The van der Waals surface area contributed by atoms with Crippen molar-refractivity contribution >= 4 is 10.1 Å². The Labute approximate surface area is 159 Å². The van der Waals surface area contributed by atoms with E-state index < -0.39 is 44.0 Å². The Morgan fingerprint density at radius 2 is 1.32 bits per heavy atom. The Balaban J connectivity index is 3.55. The van der Waals surface area contributed by atoms with Gasteiger partial charge in [0.15, 0.2) is 0 Å². The van der Waals surface area contributed by atoms with E-state index in [2.05, 4.69) is 4.74 Å². The second-order valence-corrected chi connectivity index (χ2v) is 9.86. The maximum atomic E-state index is 14.0. The molecule has 1 rings (SSSR count). The van der Waals surface area contributed by atoms with E-state index in [0.29, 0.717) is 5.56 Å². The van der Waals surface area contributed by atoms with Crippen LogP contribution in [-0.2, 0) is 20.9 Å². The molecule has 1 N–H and O–H groups in total. The lowest BCUT2D eigenvalue weighted by atomic mass is 9.80. The van der Waals surface area contributed by atoms with Crippen molar-refractivity contribution in [3.63, 3.8) is 0 Å². The van der Waals surface area contributed by atoms with Gasteiger partial charge in [0, 0.05) is 5.56 Å². The van der Waals surface area contributed by atoms with Gasteiger partial charge < -0.3 is 4.74 Å². The molecule has 0 radical (unpaired) electrons. The van der Waals surface area contributed by atoms with Crippen LogP contribution in [0.15, 0.2) is 18.2 Å². The molecule has 0 unspecified atom stereocenters. The van der Waals surface area contributed by atoms with Crippen LogP contribution in [0.2, 0.25) is 0 Å². The summed E-state index contributed by atoms with van der Waals surface area (Å²) in [5, 5.41) is -6.48. The van der Waals surface area contributed by atoms with Crippen LogP contribution < -0.4 is 4.74 Å². The number of hydrogen-bond donors (Lipinski definition) is 1. The minimum Gasteiger partial charge on any atom is -0.428 e. The molecule has 1 aromatic rings. The Kier molecular flexibility index (Phi) is 5.95. The van der Waals surface area contributed by atoms with Crippen molar-refractivity contribution in [3.8, 4) is 5.75 Å². The van der Waals surface area contributed by atoms with Crippen molar-refractivity contribution in [2.75, 3.05) is 0 Å². The molecule has 0 aliphatic rings. The van der Waals surface area contributed by atoms with Crippen molar-refractivity contribution < 1.29 is 44.0 Å². The fraction of sp³-hybridized carbons (Fsp3) is 0.647. The smallest absolute Gasteiger partial charge is 0.428 e. The predicted octanol–water partition coefficient (Wildman–Crippen LogP) is 5.37. The van der Waals surface area contributed by atoms with Crippen LogP contribution in [-0.4, -0.2) is 30.3 Å². The van der Waals surface area contributed by atoms with Gasteiger partial charge in [-0.15, -0.1) is 0 Å². The molecular weight excluding hydrogens is 414 g/mol. The SMILES string of the molecule is CC(C)(C)c1ccc(OC(F)(F)C(F)(F)C(F)(F)S(=O)(=O)O)c(C(C)(C)C)c1. The van der Waals surface area contributed by atoms with Crippen LogP contribution in [0, 0.1) is 0 Å². The van der Waals surface area contributed by atoms with Gasteiger partial charge in [-0.1, -0.05) is 53.7 Å². The molecule has 4 nitrogen and oxygen atoms in total. The van der Waals surface area contributed by atoms with Crippen LogP contribution in [0.4, 0.5) is 26.3 Å². The van der Waals surface area contributed by atoms with Crippen LogP contribution >= 0.6 is 0 Å². The summed E-state index contributed by atoms with van der Waals surface area (Å²) in [4.78, 5) is 0. The second-order valence-electron chi connectivity index (χ2n) is 8.40. The molecule has 0 atom stereocenters. The number of hydrogen-bond acceptors (Lipinski definition) is 3. The van der Waals surface area contributed by atoms with Crippen LogP contribution in [0.1, 0.15) is 52.7 Å². The topological polar surface area (TPSA) is 63.6 Å². The molecule has 0 aromatic heterocycles. The Hall–Kier alpha value is -1.49. The van der Waals surface area contributed by atoms with Crippen molar-refractivity contribution in [1.29, 1.82) is 0 Å². The van der Waals surface area contributed by atoms with Crippen molar-refractivity contribution in [2.45, 2.75) is 69.7 Å². The first kappa shape index (κ1) is 24.5. The summed E-state index contributed by atoms with van der Waals surface area (Å²) >= 11 is 0. The largest absolute Gasteiger partial charge is 0.472 e. The van der Waals surface area contributed by atoms with Crippen molar-refractivity contribution in [2.24, 2.45) is 0 Å². The highest BCUT2D eigenvalue weighted by Crippen LogP contribution is 2.49. The van der Waals surface area contributed by atoms with Gasteiger partial charge in [-0.25, -0.2) is 0 Å². The third kappa shape index (κ3) is 4.40. The molecule has 1 aromatic carbocycles. The Bertz CT molecular complexity index is 836. The molecule has 0 aliphatic heterocycles. The Morgan fingerprint density at radius 1 is 0.857 bits per heavy atom. The summed E-state index contributed by atoms with van der Waals surface area (Å²) in [5.74, 6) is -7.37. The average molecular weight is 436 g/mol. The molecule has 0 aliphatic carbocycles. The lowest BCUT2D eigenvalue weighted by Gasteiger charge is -2.33. The Morgan fingerprint density at radius 3 is 1.68 bits per heavy atom. The molecular formula is C17H22F6O4S. The monoisotopic (exact) mass is 436 g/mol. The zero-order chi connectivity index (χ0) is 22.6. The summed E-state index contributed by atoms with van der Waals surface area (Å²) in [6.07, 6.45) is -5.95. The molecule has 0 saturated carbocycles. The van der Waals surface area contributed by atoms with Gasteiger partial charge in [-0.05, 0) is 22.5 Å². The average Bonchev–Trinajstić information content (AvgIpc) is 2.43. The van der Waals surface area contributed by atoms with Crippen LogP contribution in [0.5, 0.6) is 5.75 Å². The summed E-state index contributed by atoms with van der Waals surface area (Å²) in [6, 6.07) is 3.65. The molecule has 0 spiro atoms. The molecule has 0 amide bonds. The van der Waals surface area contributed by atoms with E-state index in [1.807, 2.05) is 20.8 Å². The highest BCUT2D eigenvalue weighted by molar-refractivity contribution is 7.87. The molecule has 162 valence electrons. The van der Waals surface area contributed by atoms with Gasteiger partial charge in [0.2, 0.25) is 0 Å². The number of halogens is 6. The van der Waals surface area contributed by atoms with E-state index in [4.69, 9.17) is 4.55 Å². The summed E-state index contributed by atoms with van der Waals surface area (Å²) in [7, 11) is -6.84. The van der Waals surface area contributed by atoms with Gasteiger partial charge in [0.05, 0.1) is 0 Å². The lowest BCUT2D eigenvalue weighted by molar-refractivity contribution is -0.353. The van der Waals surface area contributed by atoms with Crippen LogP contribution in [0.3, 0.4) is 0 Å².